The molecule has 1 saturated carbocycles. The zero-order valence-corrected chi connectivity index (χ0v) is 23.7. The van der Waals surface area contributed by atoms with Crippen LogP contribution in [0, 0.1) is 12.8 Å². The van der Waals surface area contributed by atoms with E-state index in [9.17, 15) is 0 Å². The molecule has 7 heteroatoms. The van der Waals surface area contributed by atoms with E-state index in [0.717, 1.165) is 24.3 Å². The van der Waals surface area contributed by atoms with Crippen molar-refractivity contribution in [3.05, 3.63) is 64.4 Å². The fourth-order valence-electron chi connectivity index (χ4n) is 5.95. The van der Waals surface area contributed by atoms with Crippen molar-refractivity contribution < 1.29 is 9.90 Å². The van der Waals surface area contributed by atoms with Gasteiger partial charge >= 0.3 is 0 Å². The van der Waals surface area contributed by atoms with Gasteiger partial charge < -0.3 is 16.2 Å². The molecule has 3 atom stereocenters. The summed E-state index contributed by atoms with van der Waals surface area (Å²) in [5.41, 5.74) is 13.7. The molecule has 1 saturated heterocycles. The molecule has 200 valence electrons. The van der Waals surface area contributed by atoms with Crippen LogP contribution >= 0.6 is 11.8 Å². The van der Waals surface area contributed by atoms with Crippen LogP contribution in [0.2, 0.25) is 0 Å². The number of thioether (sulfide) groups is 1. The highest BCUT2D eigenvalue weighted by Gasteiger charge is 2.35. The molecule has 3 unspecified atom stereocenters. The average Bonchev–Trinajstić information content (AvgIpc) is 3.55. The molecule has 1 aromatic heterocycles. The first-order valence-electron chi connectivity index (χ1n) is 13.3. The lowest BCUT2D eigenvalue weighted by molar-refractivity contribution is -0.122. The van der Waals surface area contributed by atoms with Gasteiger partial charge in [-0.05, 0) is 101 Å². The van der Waals surface area contributed by atoms with Gasteiger partial charge in [-0.25, -0.2) is 4.68 Å². The summed E-state index contributed by atoms with van der Waals surface area (Å²) >= 11 is 2.03. The van der Waals surface area contributed by atoms with Gasteiger partial charge in [0.25, 0.3) is 6.47 Å². The molecule has 0 radical (unpaired) electrons. The van der Waals surface area contributed by atoms with E-state index in [2.05, 4.69) is 68.9 Å². The van der Waals surface area contributed by atoms with Gasteiger partial charge in [0.15, 0.2) is 0 Å². The predicted molar refractivity (Wildman–Crippen MR) is 155 cm³/mol. The van der Waals surface area contributed by atoms with Crippen LogP contribution in [0.1, 0.15) is 76.1 Å². The highest BCUT2D eigenvalue weighted by atomic mass is 32.2. The molecule has 0 amide bonds. The third kappa shape index (κ3) is 6.25. The molecular formula is C30H42N4O2S. The van der Waals surface area contributed by atoms with Crippen molar-refractivity contribution in [1.29, 1.82) is 0 Å². The van der Waals surface area contributed by atoms with Crippen LogP contribution in [0.25, 0.3) is 0 Å². The number of fused-ring (bicyclic) bond motifs is 1. The normalized spacial score (nSPS) is 25.0. The van der Waals surface area contributed by atoms with Gasteiger partial charge in [0.05, 0.1) is 16.8 Å². The van der Waals surface area contributed by atoms with E-state index < -0.39 is 0 Å². The predicted octanol–water partition coefficient (Wildman–Crippen LogP) is 6.53. The van der Waals surface area contributed by atoms with E-state index in [1.54, 1.807) is 5.57 Å². The smallest absolute Gasteiger partial charge is 0.290 e. The molecular weight excluding hydrogens is 480 g/mol. The lowest BCUT2D eigenvalue weighted by Crippen LogP contribution is -2.37. The number of benzene rings is 1. The Morgan fingerprint density at radius 1 is 1.22 bits per heavy atom. The SMILES string of the molecule is Cc1c(C2CCC(Cc3ccc(N)cc3)C2)nn(C(C)(C)C)c1NC1(C)C=C2CSCC2=CC1.O=CO. The number of carboxylic acid groups (broad SMARTS) is 1. The molecule has 0 bridgehead atoms. The lowest BCUT2D eigenvalue weighted by Gasteiger charge is -2.34. The Morgan fingerprint density at radius 2 is 1.89 bits per heavy atom. The summed E-state index contributed by atoms with van der Waals surface area (Å²) in [6.07, 6.45) is 10.8. The average molecular weight is 523 g/mol. The van der Waals surface area contributed by atoms with Gasteiger partial charge in [-0.15, -0.1) is 0 Å². The van der Waals surface area contributed by atoms with Crippen molar-refractivity contribution in [2.24, 2.45) is 5.92 Å². The second-order valence-corrected chi connectivity index (χ2v) is 13.0. The van der Waals surface area contributed by atoms with Crippen LogP contribution in [0.5, 0.6) is 0 Å². The molecule has 3 aliphatic rings. The number of hydrogen-bond acceptors (Lipinski definition) is 5. The number of aromatic nitrogens is 2. The standard InChI is InChI=1S/C29H40N4S.CH2O2/c1-19-26(22-9-6-21(15-22)14-20-7-10-25(30)11-8-20)32-33(28(2,3)4)27(19)31-29(5)13-12-23-17-34-18-24(23)16-29;2-1-3/h7-8,10-12,16,21-22,31H,6,9,13-15,17-18,30H2,1-5H3;1H,(H,2,3). The van der Waals surface area contributed by atoms with Crippen molar-refractivity contribution in [3.8, 4) is 0 Å². The summed E-state index contributed by atoms with van der Waals surface area (Å²) in [4.78, 5) is 8.36. The summed E-state index contributed by atoms with van der Waals surface area (Å²) < 4.78 is 2.26. The molecule has 2 aliphatic carbocycles. The maximum atomic E-state index is 8.36. The first-order chi connectivity index (χ1) is 17.5. The van der Waals surface area contributed by atoms with Crippen LogP contribution in [0.3, 0.4) is 0 Å². The number of nitrogen functional groups attached to an aromatic ring is 1. The zero-order valence-electron chi connectivity index (χ0n) is 22.9. The summed E-state index contributed by atoms with van der Waals surface area (Å²) in [7, 11) is 0. The molecule has 1 aromatic carbocycles. The van der Waals surface area contributed by atoms with E-state index in [1.165, 1.54) is 53.2 Å². The zero-order chi connectivity index (χ0) is 26.8. The number of rotatable bonds is 5. The summed E-state index contributed by atoms with van der Waals surface area (Å²) in [6, 6.07) is 8.43. The van der Waals surface area contributed by atoms with Gasteiger partial charge in [-0.2, -0.15) is 16.9 Å². The minimum Gasteiger partial charge on any atom is -0.483 e. The Hall–Kier alpha value is -2.67. The lowest BCUT2D eigenvalue weighted by atomic mass is 9.86. The number of hydrogen-bond donors (Lipinski definition) is 3. The Balaban J connectivity index is 0.00000102. The maximum Gasteiger partial charge on any atom is 0.290 e. The van der Waals surface area contributed by atoms with Gasteiger partial charge in [-0.3, -0.25) is 4.79 Å². The van der Waals surface area contributed by atoms with Crippen LogP contribution in [-0.4, -0.2) is 38.4 Å². The highest BCUT2D eigenvalue weighted by molar-refractivity contribution is 8.00. The minimum atomic E-state index is -0.250. The van der Waals surface area contributed by atoms with E-state index in [1.807, 2.05) is 23.9 Å². The molecule has 6 nitrogen and oxygen atoms in total. The summed E-state index contributed by atoms with van der Waals surface area (Å²) in [5.74, 6) is 4.77. The number of nitrogens with zero attached hydrogens (tertiary/aromatic N) is 2. The third-order valence-electron chi connectivity index (χ3n) is 7.82. The quantitative estimate of drug-likeness (QED) is 0.305. The Morgan fingerprint density at radius 3 is 2.57 bits per heavy atom. The first kappa shape index (κ1) is 27.4. The van der Waals surface area contributed by atoms with E-state index in [-0.39, 0.29) is 17.6 Å². The maximum absolute atomic E-state index is 8.36. The van der Waals surface area contributed by atoms with Crippen molar-refractivity contribution in [2.75, 3.05) is 22.6 Å². The van der Waals surface area contributed by atoms with E-state index in [0.29, 0.717) is 11.8 Å². The first-order valence-corrected chi connectivity index (χ1v) is 14.5. The topological polar surface area (TPSA) is 93.2 Å². The van der Waals surface area contributed by atoms with Gasteiger partial charge in [0.1, 0.15) is 5.82 Å². The molecule has 37 heavy (non-hydrogen) atoms. The van der Waals surface area contributed by atoms with E-state index in [4.69, 9.17) is 20.7 Å². The fourth-order valence-corrected chi connectivity index (χ4v) is 7.06. The van der Waals surface area contributed by atoms with E-state index >= 15 is 0 Å². The molecule has 2 heterocycles. The number of carbonyl (C=O) groups is 1. The minimum absolute atomic E-state index is 0.0673. The van der Waals surface area contributed by atoms with Crippen LogP contribution < -0.4 is 11.1 Å². The largest absolute Gasteiger partial charge is 0.483 e. The second-order valence-electron chi connectivity index (χ2n) is 12.0. The van der Waals surface area contributed by atoms with Gasteiger partial charge in [0, 0.05) is 28.7 Å². The molecule has 2 fully saturated rings. The molecule has 4 N–H and O–H groups in total. The number of anilines is 2. The van der Waals surface area contributed by atoms with Gasteiger partial charge in [-0.1, -0.05) is 24.3 Å². The van der Waals surface area contributed by atoms with Crippen molar-refractivity contribution in [1.82, 2.24) is 9.78 Å². The van der Waals surface area contributed by atoms with Crippen LogP contribution in [0.15, 0.2) is 47.6 Å². The van der Waals surface area contributed by atoms with Crippen molar-refractivity contribution in [2.45, 2.75) is 83.7 Å². The molecule has 2 aromatic rings. The molecule has 0 spiro atoms. The van der Waals surface area contributed by atoms with Crippen LogP contribution in [-0.2, 0) is 16.8 Å². The van der Waals surface area contributed by atoms with Crippen LogP contribution in [0.4, 0.5) is 11.5 Å². The Kier molecular flexibility index (Phi) is 8.12. The monoisotopic (exact) mass is 522 g/mol. The number of nitrogens with two attached hydrogens (primary N) is 1. The van der Waals surface area contributed by atoms with Gasteiger partial charge in [0.2, 0.25) is 0 Å². The number of nitrogens with one attached hydrogen (secondary N) is 1. The summed E-state index contributed by atoms with van der Waals surface area (Å²) in [5, 5.41) is 16.1. The third-order valence-corrected chi connectivity index (χ3v) is 8.85. The Labute approximate surface area is 225 Å². The Bertz CT molecular complexity index is 1180. The summed E-state index contributed by atoms with van der Waals surface area (Å²) in [6.45, 7) is 11.2. The van der Waals surface area contributed by atoms with Crippen molar-refractivity contribution in [3.63, 3.8) is 0 Å². The fraction of sp³-hybridized carbons (Fsp3) is 0.533. The second kappa shape index (κ2) is 11.0. The highest BCUT2D eigenvalue weighted by Crippen LogP contribution is 2.44. The van der Waals surface area contributed by atoms with Crippen molar-refractivity contribution >= 4 is 29.7 Å². The molecule has 5 rings (SSSR count). The molecule has 1 aliphatic heterocycles.